The molecule has 0 rings (SSSR count). The normalized spacial score (nSPS) is 13.0. The molecule has 0 aliphatic rings. The zero-order chi connectivity index (χ0) is 12.6. The van der Waals surface area contributed by atoms with Crippen LogP contribution >= 0.6 is 0 Å². The first-order valence-corrected chi connectivity index (χ1v) is 5.86. The molecule has 1 atom stereocenters. The summed E-state index contributed by atoms with van der Waals surface area (Å²) in [5, 5.41) is 2.56. The van der Waals surface area contributed by atoms with Crippen molar-refractivity contribution in [3.05, 3.63) is 0 Å². The van der Waals surface area contributed by atoms with Crippen molar-refractivity contribution in [3.63, 3.8) is 0 Å². The minimum Gasteiger partial charge on any atom is -0.464 e. The topological polar surface area (TPSA) is 55.4 Å². The Labute approximate surface area is 97.7 Å². The Morgan fingerprint density at radius 2 is 2.06 bits per heavy atom. The van der Waals surface area contributed by atoms with Crippen LogP contribution in [0.15, 0.2) is 0 Å². The lowest BCUT2D eigenvalue weighted by Gasteiger charge is -2.32. The lowest BCUT2D eigenvalue weighted by molar-refractivity contribution is -0.150. The average Bonchev–Trinajstić information content (AvgIpc) is 2.23. The maximum Gasteiger partial charge on any atom is 0.329 e. The van der Waals surface area contributed by atoms with Crippen LogP contribution in [0.1, 0.15) is 47.0 Å². The molecule has 1 N–H and O–H groups in total. The van der Waals surface area contributed by atoms with E-state index in [0.717, 1.165) is 19.3 Å². The number of rotatable bonds is 8. The molecular formula is C12H23NO3. The SMILES string of the molecule is CCCCC(C)(C)C(NC=O)C(=O)OCC. The van der Waals surface area contributed by atoms with Crippen LogP contribution in [-0.4, -0.2) is 25.0 Å². The summed E-state index contributed by atoms with van der Waals surface area (Å²) in [6, 6.07) is -0.559. The van der Waals surface area contributed by atoms with Gasteiger partial charge >= 0.3 is 5.97 Å². The summed E-state index contributed by atoms with van der Waals surface area (Å²) < 4.78 is 4.96. The van der Waals surface area contributed by atoms with E-state index in [9.17, 15) is 9.59 Å². The van der Waals surface area contributed by atoms with E-state index >= 15 is 0 Å². The minimum atomic E-state index is -0.559. The third-order valence-corrected chi connectivity index (χ3v) is 2.71. The van der Waals surface area contributed by atoms with E-state index in [0.29, 0.717) is 13.0 Å². The van der Waals surface area contributed by atoms with Crippen LogP contribution in [0, 0.1) is 5.41 Å². The predicted molar refractivity (Wildman–Crippen MR) is 62.9 cm³/mol. The maximum atomic E-state index is 11.7. The highest BCUT2D eigenvalue weighted by atomic mass is 16.5. The lowest BCUT2D eigenvalue weighted by Crippen LogP contribution is -2.48. The van der Waals surface area contributed by atoms with E-state index in [-0.39, 0.29) is 11.4 Å². The Morgan fingerprint density at radius 3 is 2.50 bits per heavy atom. The van der Waals surface area contributed by atoms with Gasteiger partial charge in [0.15, 0.2) is 0 Å². The van der Waals surface area contributed by atoms with E-state index in [1.54, 1.807) is 6.92 Å². The second-order valence-electron chi connectivity index (χ2n) is 4.56. The van der Waals surface area contributed by atoms with Gasteiger partial charge in [0.25, 0.3) is 0 Å². The first-order valence-electron chi connectivity index (χ1n) is 5.86. The van der Waals surface area contributed by atoms with Gasteiger partial charge in [0.05, 0.1) is 6.61 Å². The average molecular weight is 229 g/mol. The van der Waals surface area contributed by atoms with E-state index in [2.05, 4.69) is 12.2 Å². The van der Waals surface area contributed by atoms with E-state index < -0.39 is 6.04 Å². The van der Waals surface area contributed by atoms with E-state index in [1.165, 1.54) is 0 Å². The second kappa shape index (κ2) is 7.25. The van der Waals surface area contributed by atoms with Crippen LogP contribution < -0.4 is 5.32 Å². The Kier molecular flexibility index (Phi) is 6.77. The largest absolute Gasteiger partial charge is 0.464 e. The Hall–Kier alpha value is -1.06. The van der Waals surface area contributed by atoms with Crippen molar-refractivity contribution in [1.82, 2.24) is 5.32 Å². The van der Waals surface area contributed by atoms with Crippen LogP contribution in [0.4, 0.5) is 0 Å². The summed E-state index contributed by atoms with van der Waals surface area (Å²) in [7, 11) is 0. The molecule has 1 amide bonds. The number of ether oxygens (including phenoxy) is 1. The number of hydrogen-bond acceptors (Lipinski definition) is 3. The van der Waals surface area contributed by atoms with Gasteiger partial charge < -0.3 is 10.1 Å². The molecule has 1 unspecified atom stereocenters. The van der Waals surface area contributed by atoms with Gasteiger partial charge in [-0.05, 0) is 18.8 Å². The summed E-state index contributed by atoms with van der Waals surface area (Å²) in [6.45, 7) is 8.14. The van der Waals surface area contributed by atoms with E-state index in [1.807, 2.05) is 13.8 Å². The van der Waals surface area contributed by atoms with Crippen LogP contribution in [0.25, 0.3) is 0 Å². The highest BCUT2D eigenvalue weighted by Crippen LogP contribution is 2.28. The quantitative estimate of drug-likeness (QED) is 0.510. The lowest BCUT2D eigenvalue weighted by atomic mass is 9.80. The molecule has 0 heterocycles. The number of esters is 1. The molecule has 0 saturated carbocycles. The molecular weight excluding hydrogens is 206 g/mol. The zero-order valence-corrected chi connectivity index (χ0v) is 10.7. The second-order valence-corrected chi connectivity index (χ2v) is 4.56. The molecule has 0 aliphatic heterocycles. The standard InChI is InChI=1S/C12H23NO3/c1-5-7-8-12(3,4)10(13-9-14)11(15)16-6-2/h9-10H,5-8H2,1-4H3,(H,13,14). The molecule has 16 heavy (non-hydrogen) atoms. The molecule has 0 fully saturated rings. The molecule has 0 bridgehead atoms. The molecule has 0 aliphatic carbocycles. The summed E-state index contributed by atoms with van der Waals surface area (Å²) in [4.78, 5) is 22.2. The van der Waals surface area contributed by atoms with Crippen molar-refractivity contribution >= 4 is 12.4 Å². The fourth-order valence-electron chi connectivity index (χ4n) is 1.68. The summed E-state index contributed by atoms with van der Waals surface area (Å²) in [5.74, 6) is -0.351. The van der Waals surface area contributed by atoms with Gasteiger partial charge in [-0.3, -0.25) is 4.79 Å². The first-order chi connectivity index (χ1) is 7.49. The molecule has 0 aromatic rings. The number of unbranched alkanes of at least 4 members (excludes halogenated alkanes) is 1. The van der Waals surface area contributed by atoms with Crippen LogP contribution in [-0.2, 0) is 14.3 Å². The molecule has 0 aromatic carbocycles. The van der Waals surface area contributed by atoms with Crippen molar-refractivity contribution < 1.29 is 14.3 Å². The molecule has 4 nitrogen and oxygen atoms in total. The predicted octanol–water partition coefficient (Wildman–Crippen LogP) is 1.88. The molecule has 4 heteroatoms. The Morgan fingerprint density at radius 1 is 1.44 bits per heavy atom. The van der Waals surface area contributed by atoms with Gasteiger partial charge in [-0.25, -0.2) is 4.79 Å². The Balaban J connectivity index is 4.59. The zero-order valence-electron chi connectivity index (χ0n) is 10.7. The van der Waals surface area contributed by atoms with Crippen molar-refractivity contribution in [2.45, 2.75) is 53.0 Å². The van der Waals surface area contributed by atoms with Gasteiger partial charge in [0, 0.05) is 0 Å². The third-order valence-electron chi connectivity index (χ3n) is 2.71. The molecule has 0 aromatic heterocycles. The molecule has 94 valence electrons. The number of nitrogens with one attached hydrogen (secondary N) is 1. The summed E-state index contributed by atoms with van der Waals surface area (Å²) in [6.07, 6.45) is 3.55. The summed E-state index contributed by atoms with van der Waals surface area (Å²) in [5.41, 5.74) is -0.275. The van der Waals surface area contributed by atoms with Crippen molar-refractivity contribution in [2.24, 2.45) is 5.41 Å². The highest BCUT2D eigenvalue weighted by molar-refractivity contribution is 5.79. The minimum absolute atomic E-state index is 0.275. The molecule has 0 radical (unpaired) electrons. The maximum absolute atomic E-state index is 11.7. The smallest absolute Gasteiger partial charge is 0.329 e. The fourth-order valence-corrected chi connectivity index (χ4v) is 1.68. The van der Waals surface area contributed by atoms with Crippen LogP contribution in [0.3, 0.4) is 0 Å². The van der Waals surface area contributed by atoms with Crippen molar-refractivity contribution in [3.8, 4) is 0 Å². The van der Waals surface area contributed by atoms with Crippen LogP contribution in [0.5, 0.6) is 0 Å². The molecule has 0 saturated heterocycles. The number of amides is 1. The molecule has 0 spiro atoms. The highest BCUT2D eigenvalue weighted by Gasteiger charge is 2.35. The number of carbonyl (C=O) groups excluding carboxylic acids is 2. The van der Waals surface area contributed by atoms with Gasteiger partial charge in [-0.1, -0.05) is 33.6 Å². The van der Waals surface area contributed by atoms with Crippen molar-refractivity contribution in [1.29, 1.82) is 0 Å². The number of carbonyl (C=O) groups is 2. The summed E-state index contributed by atoms with van der Waals surface area (Å²) >= 11 is 0. The van der Waals surface area contributed by atoms with Crippen LogP contribution in [0.2, 0.25) is 0 Å². The van der Waals surface area contributed by atoms with Crippen molar-refractivity contribution in [2.75, 3.05) is 6.61 Å². The monoisotopic (exact) mass is 229 g/mol. The van der Waals surface area contributed by atoms with Gasteiger partial charge in [-0.15, -0.1) is 0 Å². The van der Waals surface area contributed by atoms with Gasteiger partial charge in [-0.2, -0.15) is 0 Å². The van der Waals surface area contributed by atoms with E-state index in [4.69, 9.17) is 4.74 Å². The number of hydrogen-bond donors (Lipinski definition) is 1. The van der Waals surface area contributed by atoms with Gasteiger partial charge in [0.2, 0.25) is 6.41 Å². The van der Waals surface area contributed by atoms with Gasteiger partial charge in [0.1, 0.15) is 6.04 Å². The first kappa shape index (κ1) is 14.9. The Bertz CT molecular complexity index is 226. The third kappa shape index (κ3) is 4.64. The fraction of sp³-hybridized carbons (Fsp3) is 0.833.